The van der Waals surface area contributed by atoms with E-state index >= 15 is 0 Å². The molecule has 3 N–H and O–H groups in total. The Morgan fingerprint density at radius 2 is 1.91 bits per heavy atom. The van der Waals surface area contributed by atoms with Gasteiger partial charge in [-0.15, -0.1) is 6.58 Å². The molecule has 0 aromatic carbocycles. The molecule has 35 heavy (non-hydrogen) atoms. The molecule has 0 aliphatic heterocycles. The van der Waals surface area contributed by atoms with Crippen molar-refractivity contribution in [2.75, 3.05) is 0 Å². The minimum atomic E-state index is -0.662. The van der Waals surface area contributed by atoms with Crippen LogP contribution in [0, 0.1) is 29.1 Å². The van der Waals surface area contributed by atoms with Crippen molar-refractivity contribution in [1.82, 2.24) is 0 Å². The first-order valence-electron chi connectivity index (χ1n) is 14.3. The number of hydrogen-bond donors (Lipinski definition) is 3. The number of unbranched alkanes of at least 4 members (excludes halogenated alkanes) is 1. The molecule has 7 atom stereocenters. The van der Waals surface area contributed by atoms with Crippen LogP contribution in [0.25, 0.3) is 0 Å². The average Bonchev–Trinajstić information content (AvgIpc) is 3.14. The molecule has 3 nitrogen and oxygen atoms in total. The second kappa shape index (κ2) is 11.9. The fraction of sp³-hybridized carbons (Fsp3) is 0.750. The maximum absolute atomic E-state index is 10.9. The lowest BCUT2D eigenvalue weighted by molar-refractivity contribution is 0.0133. The molecule has 0 saturated heterocycles. The molecule has 0 radical (unpaired) electrons. The first-order valence-corrected chi connectivity index (χ1v) is 14.3. The van der Waals surface area contributed by atoms with Gasteiger partial charge in [0.25, 0.3) is 0 Å². The summed E-state index contributed by atoms with van der Waals surface area (Å²) in [7, 11) is 0. The third-order valence-corrected chi connectivity index (χ3v) is 9.72. The molecule has 3 rings (SSSR count). The van der Waals surface area contributed by atoms with Gasteiger partial charge in [0.05, 0.1) is 17.8 Å². The van der Waals surface area contributed by atoms with Gasteiger partial charge in [0, 0.05) is 5.92 Å². The van der Waals surface area contributed by atoms with Crippen molar-refractivity contribution < 1.29 is 15.3 Å². The molecule has 0 heterocycles. The van der Waals surface area contributed by atoms with Gasteiger partial charge in [-0.05, 0) is 112 Å². The van der Waals surface area contributed by atoms with Crippen molar-refractivity contribution in [1.29, 1.82) is 0 Å². The van der Waals surface area contributed by atoms with Crippen LogP contribution in [0.15, 0.2) is 48.1 Å². The van der Waals surface area contributed by atoms with Crippen LogP contribution >= 0.6 is 0 Å². The van der Waals surface area contributed by atoms with E-state index in [0.717, 1.165) is 55.6 Å². The normalized spacial score (nSPS) is 37.0. The fourth-order valence-electron chi connectivity index (χ4n) is 7.67. The topological polar surface area (TPSA) is 60.7 Å². The van der Waals surface area contributed by atoms with E-state index < -0.39 is 17.8 Å². The third kappa shape index (κ3) is 6.79. The number of hydrogen-bond acceptors (Lipinski definition) is 3. The highest BCUT2D eigenvalue weighted by Crippen LogP contribution is 2.60. The summed E-state index contributed by atoms with van der Waals surface area (Å²) in [5.74, 6) is 1.94. The molecule has 3 fully saturated rings. The van der Waals surface area contributed by atoms with Gasteiger partial charge in [0.1, 0.15) is 0 Å². The summed E-state index contributed by atoms with van der Waals surface area (Å²) in [5.41, 5.74) is 3.15. The van der Waals surface area contributed by atoms with Gasteiger partial charge in [0.2, 0.25) is 0 Å². The number of aliphatic hydroxyl groups is 3. The zero-order valence-corrected chi connectivity index (χ0v) is 22.9. The van der Waals surface area contributed by atoms with Crippen molar-refractivity contribution in [3.05, 3.63) is 48.1 Å². The Labute approximate surface area is 215 Å². The summed E-state index contributed by atoms with van der Waals surface area (Å²) >= 11 is 0. The molecule has 0 bridgehead atoms. The van der Waals surface area contributed by atoms with Crippen LogP contribution in [0.2, 0.25) is 0 Å². The molecule has 3 saturated carbocycles. The van der Waals surface area contributed by atoms with E-state index in [0.29, 0.717) is 23.7 Å². The molecule has 0 aromatic rings. The van der Waals surface area contributed by atoms with E-state index in [4.69, 9.17) is 0 Å². The molecule has 0 amide bonds. The lowest BCUT2D eigenvalue weighted by Gasteiger charge is -2.44. The lowest BCUT2D eigenvalue weighted by atomic mass is 9.60. The predicted octanol–water partition coefficient (Wildman–Crippen LogP) is 7.29. The highest BCUT2D eigenvalue weighted by atomic mass is 16.3. The molecular formula is C32H52O3. The standard InChI is InChI=1S/C32H52O3/c1-7-8-9-14-26-29(33)21-25(23(3)30(26)34)16-15-24-13-11-20-32(6)27(17-18-28(24)32)22(2)12-10-19-31(4,5)35/h7,15-16,22,26-30,33-35H,1,3,8-14,17-21H2,2,4-6H3/t22-,26-,27-,28+,29-,30-,32-/m1/s1. The van der Waals surface area contributed by atoms with Crippen molar-refractivity contribution in [3.63, 3.8) is 0 Å². The van der Waals surface area contributed by atoms with Crippen LogP contribution in [0.4, 0.5) is 0 Å². The number of aliphatic hydroxyl groups excluding tert-OH is 2. The van der Waals surface area contributed by atoms with Crippen LogP contribution < -0.4 is 0 Å². The van der Waals surface area contributed by atoms with E-state index in [1.807, 2.05) is 19.9 Å². The Bertz CT molecular complexity index is 800. The quantitative estimate of drug-likeness (QED) is 0.225. The number of rotatable bonds is 10. The maximum Gasteiger partial charge on any atom is 0.0839 e. The van der Waals surface area contributed by atoms with Gasteiger partial charge in [-0.25, -0.2) is 0 Å². The number of fused-ring (bicyclic) bond motifs is 1. The predicted molar refractivity (Wildman–Crippen MR) is 147 cm³/mol. The SMILES string of the molecule is C=CCCC[C@@H]1[C@H](O)CC(=CC=C2CCC[C@]3(C)[C@@H]([C@H](C)CCCC(C)(C)O)CC[C@@H]23)C(=C)[C@H]1O. The summed E-state index contributed by atoms with van der Waals surface area (Å²) in [4.78, 5) is 0. The van der Waals surface area contributed by atoms with Crippen LogP contribution in [0.1, 0.15) is 105 Å². The zero-order valence-electron chi connectivity index (χ0n) is 22.9. The smallest absolute Gasteiger partial charge is 0.0839 e. The molecule has 198 valence electrons. The van der Waals surface area contributed by atoms with Crippen molar-refractivity contribution >= 4 is 0 Å². The molecule has 0 unspecified atom stereocenters. The van der Waals surface area contributed by atoms with E-state index in [1.54, 1.807) is 5.57 Å². The van der Waals surface area contributed by atoms with Gasteiger partial charge in [0.15, 0.2) is 0 Å². The van der Waals surface area contributed by atoms with Gasteiger partial charge in [-0.2, -0.15) is 0 Å². The van der Waals surface area contributed by atoms with E-state index in [9.17, 15) is 15.3 Å². The minimum absolute atomic E-state index is 0.126. The molecule has 0 aromatic heterocycles. The molecule has 0 spiro atoms. The van der Waals surface area contributed by atoms with Crippen molar-refractivity contribution in [2.45, 2.75) is 123 Å². The van der Waals surface area contributed by atoms with Crippen LogP contribution in [0.3, 0.4) is 0 Å². The number of allylic oxidation sites excluding steroid dienone is 4. The van der Waals surface area contributed by atoms with Crippen LogP contribution in [-0.4, -0.2) is 33.1 Å². The van der Waals surface area contributed by atoms with E-state index in [2.05, 4.69) is 39.2 Å². The van der Waals surface area contributed by atoms with Crippen LogP contribution in [0.5, 0.6) is 0 Å². The van der Waals surface area contributed by atoms with Crippen molar-refractivity contribution in [2.24, 2.45) is 29.1 Å². The first-order chi connectivity index (χ1) is 16.5. The summed E-state index contributed by atoms with van der Waals surface area (Å²) in [6.45, 7) is 16.8. The highest BCUT2D eigenvalue weighted by molar-refractivity contribution is 5.39. The average molecular weight is 485 g/mol. The Balaban J connectivity index is 1.68. The van der Waals surface area contributed by atoms with Gasteiger partial charge in [-0.3, -0.25) is 0 Å². The van der Waals surface area contributed by atoms with Gasteiger partial charge in [-0.1, -0.05) is 57.1 Å². The van der Waals surface area contributed by atoms with Gasteiger partial charge < -0.3 is 15.3 Å². The monoisotopic (exact) mass is 484 g/mol. The third-order valence-electron chi connectivity index (χ3n) is 9.72. The largest absolute Gasteiger partial charge is 0.392 e. The summed E-state index contributed by atoms with van der Waals surface area (Å²) in [6, 6.07) is 0. The van der Waals surface area contributed by atoms with Crippen LogP contribution in [-0.2, 0) is 0 Å². The second-order valence-corrected chi connectivity index (χ2v) is 12.8. The first kappa shape index (κ1) is 28.4. The lowest BCUT2D eigenvalue weighted by Crippen LogP contribution is -2.38. The summed E-state index contributed by atoms with van der Waals surface area (Å²) in [6.07, 6.45) is 17.9. The Kier molecular flexibility index (Phi) is 9.68. The van der Waals surface area contributed by atoms with E-state index in [-0.39, 0.29) is 5.92 Å². The fourth-order valence-corrected chi connectivity index (χ4v) is 7.67. The summed E-state index contributed by atoms with van der Waals surface area (Å²) < 4.78 is 0. The molecule has 3 aliphatic carbocycles. The Morgan fingerprint density at radius 3 is 2.60 bits per heavy atom. The second-order valence-electron chi connectivity index (χ2n) is 12.8. The van der Waals surface area contributed by atoms with Gasteiger partial charge >= 0.3 is 0 Å². The Hall–Kier alpha value is -1.16. The molecule has 3 aliphatic rings. The molecule has 3 heteroatoms. The Morgan fingerprint density at radius 1 is 1.17 bits per heavy atom. The van der Waals surface area contributed by atoms with E-state index in [1.165, 1.54) is 32.1 Å². The summed E-state index contributed by atoms with van der Waals surface area (Å²) in [5, 5.41) is 31.7. The molecular weight excluding hydrogens is 432 g/mol. The highest BCUT2D eigenvalue weighted by Gasteiger charge is 2.50. The van der Waals surface area contributed by atoms with Crippen molar-refractivity contribution in [3.8, 4) is 0 Å². The zero-order chi connectivity index (χ0) is 25.8. The minimum Gasteiger partial charge on any atom is -0.392 e. The maximum atomic E-state index is 10.9.